The Morgan fingerprint density at radius 1 is 1.38 bits per heavy atom. The first-order valence-electron chi connectivity index (χ1n) is 3.81. The van der Waals surface area contributed by atoms with Crippen LogP contribution in [0, 0.1) is 5.82 Å². The molecule has 1 aromatic carbocycles. The van der Waals surface area contributed by atoms with E-state index < -0.39 is 0 Å². The monoisotopic (exact) mass is 205 g/mol. The summed E-state index contributed by atoms with van der Waals surface area (Å²) in [4.78, 5) is 0. The highest BCUT2D eigenvalue weighted by atomic mass is 35.5. The summed E-state index contributed by atoms with van der Waals surface area (Å²) in [6, 6.07) is 4.70. The Kier molecular flexibility index (Phi) is 4.73. The van der Waals surface area contributed by atoms with Gasteiger partial charge in [-0.05, 0) is 19.1 Å². The van der Waals surface area contributed by atoms with E-state index in [1.807, 2.05) is 6.92 Å². The van der Waals surface area contributed by atoms with Crippen LogP contribution in [-0.2, 0) is 0 Å². The number of ether oxygens (including phenoxy) is 1. The Morgan fingerprint density at radius 2 is 2.00 bits per heavy atom. The van der Waals surface area contributed by atoms with Crippen LogP contribution in [0.2, 0.25) is 0 Å². The third-order valence-electron chi connectivity index (χ3n) is 1.70. The van der Waals surface area contributed by atoms with Crippen LogP contribution in [-0.4, -0.2) is 7.11 Å². The third kappa shape index (κ3) is 3.20. The quantitative estimate of drug-likeness (QED) is 0.604. The van der Waals surface area contributed by atoms with Gasteiger partial charge in [-0.2, -0.15) is 0 Å². The van der Waals surface area contributed by atoms with Gasteiger partial charge in [-0.1, -0.05) is 0 Å². The lowest BCUT2D eigenvalue weighted by molar-refractivity contribution is -0.420. The molecule has 0 heterocycles. The molecule has 2 nitrogen and oxygen atoms in total. The predicted octanol–water partition coefficient (Wildman–Crippen LogP) is -1.86. The maximum Gasteiger partial charge on any atom is 0.127 e. The number of rotatable bonds is 2. The van der Waals surface area contributed by atoms with Gasteiger partial charge in [0.05, 0.1) is 7.11 Å². The Bertz CT molecular complexity index is 278. The van der Waals surface area contributed by atoms with E-state index in [0.29, 0.717) is 5.75 Å². The van der Waals surface area contributed by atoms with Crippen molar-refractivity contribution in [1.29, 1.82) is 0 Å². The number of methoxy groups -OCH3 is 1. The number of quaternary nitrogens is 1. The molecule has 0 aromatic heterocycles. The predicted molar refractivity (Wildman–Crippen MR) is 44.3 cm³/mol. The smallest absolute Gasteiger partial charge is 0.127 e. The van der Waals surface area contributed by atoms with E-state index in [1.54, 1.807) is 6.07 Å². The molecule has 0 aliphatic rings. The van der Waals surface area contributed by atoms with Crippen LogP contribution in [0.1, 0.15) is 18.5 Å². The van der Waals surface area contributed by atoms with Crippen LogP contribution in [0.5, 0.6) is 5.75 Å². The van der Waals surface area contributed by atoms with Crippen molar-refractivity contribution in [2.24, 2.45) is 0 Å². The van der Waals surface area contributed by atoms with E-state index in [2.05, 4.69) is 5.73 Å². The molecule has 13 heavy (non-hydrogen) atoms. The second-order valence-corrected chi connectivity index (χ2v) is 2.83. The van der Waals surface area contributed by atoms with Gasteiger partial charge in [-0.15, -0.1) is 0 Å². The lowest BCUT2D eigenvalue weighted by Crippen LogP contribution is -3.00. The molecule has 0 bridgehead atoms. The van der Waals surface area contributed by atoms with Gasteiger partial charge in [0.15, 0.2) is 0 Å². The van der Waals surface area contributed by atoms with E-state index in [1.165, 1.54) is 19.2 Å². The fourth-order valence-corrected chi connectivity index (χ4v) is 0.987. The molecule has 4 heteroatoms. The largest absolute Gasteiger partial charge is 1.00 e. The molecule has 0 amide bonds. The first kappa shape index (κ1) is 12.2. The minimum atomic E-state index is -0.278. The molecule has 1 rings (SSSR count). The van der Waals surface area contributed by atoms with Crippen molar-refractivity contribution in [2.75, 3.05) is 7.11 Å². The first-order valence-corrected chi connectivity index (χ1v) is 3.81. The zero-order valence-electron chi connectivity index (χ0n) is 7.68. The molecule has 0 spiro atoms. The van der Waals surface area contributed by atoms with Crippen LogP contribution >= 0.6 is 0 Å². The van der Waals surface area contributed by atoms with E-state index in [4.69, 9.17) is 4.74 Å². The summed E-state index contributed by atoms with van der Waals surface area (Å²) in [6.07, 6.45) is 0. The molecule has 1 aromatic rings. The molecular weight excluding hydrogens is 193 g/mol. The Balaban J connectivity index is 0.00000144. The van der Waals surface area contributed by atoms with Crippen LogP contribution in [0.15, 0.2) is 18.2 Å². The summed E-state index contributed by atoms with van der Waals surface area (Å²) in [6.45, 7) is 1.91. The lowest BCUT2D eigenvalue weighted by atomic mass is 10.1. The van der Waals surface area contributed by atoms with Crippen molar-refractivity contribution in [3.05, 3.63) is 29.6 Å². The van der Waals surface area contributed by atoms with Crippen molar-refractivity contribution < 1.29 is 27.3 Å². The fourth-order valence-electron chi connectivity index (χ4n) is 0.987. The van der Waals surface area contributed by atoms with Gasteiger partial charge in [-0.25, -0.2) is 4.39 Å². The summed E-state index contributed by atoms with van der Waals surface area (Å²) in [7, 11) is 1.52. The van der Waals surface area contributed by atoms with Crippen molar-refractivity contribution in [3.8, 4) is 5.75 Å². The fraction of sp³-hybridized carbons (Fsp3) is 0.333. The molecule has 0 aliphatic heterocycles. The molecule has 0 saturated carbocycles. The minimum Gasteiger partial charge on any atom is -1.00 e. The molecule has 0 aliphatic carbocycles. The summed E-state index contributed by atoms with van der Waals surface area (Å²) in [5.41, 5.74) is 4.66. The summed E-state index contributed by atoms with van der Waals surface area (Å²) < 4.78 is 17.8. The summed E-state index contributed by atoms with van der Waals surface area (Å²) in [5.74, 6) is 0.264. The maximum absolute atomic E-state index is 12.9. The molecule has 0 unspecified atom stereocenters. The van der Waals surface area contributed by atoms with Gasteiger partial charge in [0.2, 0.25) is 0 Å². The average molecular weight is 206 g/mol. The molecule has 74 valence electrons. The van der Waals surface area contributed by atoms with Gasteiger partial charge < -0.3 is 22.9 Å². The topological polar surface area (TPSA) is 36.9 Å². The number of hydrogen-bond acceptors (Lipinski definition) is 1. The highest BCUT2D eigenvalue weighted by molar-refractivity contribution is 5.30. The molecule has 3 N–H and O–H groups in total. The molecule has 0 saturated heterocycles. The van der Waals surface area contributed by atoms with Crippen LogP contribution in [0.3, 0.4) is 0 Å². The number of halogens is 2. The third-order valence-corrected chi connectivity index (χ3v) is 1.70. The van der Waals surface area contributed by atoms with E-state index in [-0.39, 0.29) is 24.3 Å². The van der Waals surface area contributed by atoms with Crippen molar-refractivity contribution in [1.82, 2.24) is 0 Å². The second-order valence-electron chi connectivity index (χ2n) is 2.83. The SMILES string of the molecule is COc1cc(F)cc([C@H](C)[NH3+])c1.[Cl-]. The Morgan fingerprint density at radius 3 is 2.46 bits per heavy atom. The van der Waals surface area contributed by atoms with E-state index >= 15 is 0 Å². The number of hydrogen-bond donors (Lipinski definition) is 1. The summed E-state index contributed by atoms with van der Waals surface area (Å²) >= 11 is 0. The average Bonchev–Trinajstić information content (AvgIpc) is 2.03. The molecule has 0 radical (unpaired) electrons. The van der Waals surface area contributed by atoms with E-state index in [0.717, 1.165) is 5.56 Å². The van der Waals surface area contributed by atoms with Gasteiger partial charge in [-0.3, -0.25) is 0 Å². The van der Waals surface area contributed by atoms with Crippen molar-refractivity contribution in [2.45, 2.75) is 13.0 Å². The van der Waals surface area contributed by atoms with Gasteiger partial charge in [0, 0.05) is 11.6 Å². The zero-order valence-corrected chi connectivity index (χ0v) is 8.44. The first-order chi connectivity index (χ1) is 5.63. The molecule has 0 fully saturated rings. The molecule has 1 atom stereocenters. The van der Waals surface area contributed by atoms with Gasteiger partial charge in [0.1, 0.15) is 17.6 Å². The normalized spacial score (nSPS) is 11.7. The number of benzene rings is 1. The van der Waals surface area contributed by atoms with Crippen molar-refractivity contribution >= 4 is 0 Å². The van der Waals surface area contributed by atoms with Gasteiger partial charge >= 0.3 is 0 Å². The lowest BCUT2D eigenvalue weighted by Gasteiger charge is -2.05. The molecular formula is C9H13ClFNO. The summed E-state index contributed by atoms with van der Waals surface area (Å²) in [5, 5.41) is 0. The second kappa shape index (κ2) is 5.04. The maximum atomic E-state index is 12.9. The van der Waals surface area contributed by atoms with Crippen LogP contribution in [0.25, 0.3) is 0 Å². The minimum absolute atomic E-state index is 0. The Hall–Kier alpha value is -0.800. The van der Waals surface area contributed by atoms with Crippen molar-refractivity contribution in [3.63, 3.8) is 0 Å². The highest BCUT2D eigenvalue weighted by Gasteiger charge is 2.06. The Labute approximate surface area is 83.3 Å². The highest BCUT2D eigenvalue weighted by Crippen LogP contribution is 2.18. The zero-order chi connectivity index (χ0) is 9.14. The van der Waals surface area contributed by atoms with E-state index in [9.17, 15) is 4.39 Å². The van der Waals surface area contributed by atoms with Crippen LogP contribution < -0.4 is 22.9 Å². The standard InChI is InChI=1S/C9H12FNO.ClH/c1-6(11)7-3-8(10)5-9(4-7)12-2;/h3-6H,11H2,1-2H3;1H/t6-;/m0./s1. The van der Waals surface area contributed by atoms with Crippen LogP contribution in [0.4, 0.5) is 4.39 Å². The van der Waals surface area contributed by atoms with Gasteiger partial charge in [0.25, 0.3) is 0 Å².